The summed E-state index contributed by atoms with van der Waals surface area (Å²) in [5, 5.41) is 6.19. The molecule has 0 fully saturated rings. The Morgan fingerprint density at radius 1 is 0.467 bits per heavy atom. The average molecular weight is 611 g/mol. The van der Waals surface area contributed by atoms with E-state index in [1.165, 1.54) is 51.5 Å². The molecule has 4 heterocycles. The van der Waals surface area contributed by atoms with Gasteiger partial charge in [0.05, 0.1) is 0 Å². The smallest absolute Gasteiger partial charge is 0.180 e. The first-order valence-corrected chi connectivity index (χ1v) is 16.5. The van der Waals surface area contributed by atoms with E-state index in [1.54, 1.807) is 6.33 Å². The van der Waals surface area contributed by atoms with Gasteiger partial charge in [0.1, 0.15) is 23.1 Å². The normalized spacial score (nSPS) is 12.0. The van der Waals surface area contributed by atoms with Crippen molar-refractivity contribution in [2.75, 3.05) is 0 Å². The van der Waals surface area contributed by atoms with E-state index in [4.69, 9.17) is 14.4 Å². The van der Waals surface area contributed by atoms with E-state index >= 15 is 0 Å². The van der Waals surface area contributed by atoms with Crippen molar-refractivity contribution in [3.63, 3.8) is 0 Å². The number of hydrogen-bond acceptors (Lipinski definition) is 5. The van der Waals surface area contributed by atoms with Gasteiger partial charge in [0.25, 0.3) is 0 Å². The van der Waals surface area contributed by atoms with Crippen molar-refractivity contribution in [1.82, 2.24) is 9.97 Å². The second-order valence-corrected chi connectivity index (χ2v) is 13.5. The largest absolute Gasteiger partial charge is 0.452 e. The number of aromatic nitrogens is 2. The number of rotatable bonds is 3. The van der Waals surface area contributed by atoms with Crippen LogP contribution in [0.15, 0.2) is 138 Å². The van der Waals surface area contributed by atoms with E-state index in [0.717, 1.165) is 38.9 Å². The Morgan fingerprint density at radius 3 is 1.78 bits per heavy atom. The molecule has 45 heavy (non-hydrogen) atoms. The van der Waals surface area contributed by atoms with Crippen molar-refractivity contribution in [3.05, 3.63) is 134 Å². The molecule has 0 aliphatic carbocycles. The van der Waals surface area contributed by atoms with Crippen LogP contribution in [0.25, 0.3) is 95.9 Å². The summed E-state index contributed by atoms with van der Waals surface area (Å²) < 4.78 is 11.7. The third kappa shape index (κ3) is 3.75. The van der Waals surface area contributed by atoms with Crippen molar-refractivity contribution >= 4 is 85.1 Å². The summed E-state index contributed by atoms with van der Waals surface area (Å²) >= 11 is 3.69. The Kier molecular flexibility index (Phi) is 5.32. The zero-order chi connectivity index (χ0) is 29.5. The van der Waals surface area contributed by atoms with Crippen LogP contribution >= 0.6 is 22.7 Å². The van der Waals surface area contributed by atoms with Crippen LogP contribution in [0.5, 0.6) is 0 Å². The maximum absolute atomic E-state index is 6.50. The first-order valence-electron chi connectivity index (χ1n) is 14.9. The summed E-state index contributed by atoms with van der Waals surface area (Å²) in [7, 11) is 0. The van der Waals surface area contributed by atoms with Crippen LogP contribution in [0.1, 0.15) is 0 Å². The van der Waals surface area contributed by atoms with Crippen LogP contribution in [0.2, 0.25) is 0 Å². The van der Waals surface area contributed by atoms with Crippen molar-refractivity contribution in [3.8, 4) is 33.5 Å². The van der Waals surface area contributed by atoms with Crippen LogP contribution in [-0.2, 0) is 0 Å². The van der Waals surface area contributed by atoms with Crippen LogP contribution in [-0.4, -0.2) is 9.97 Å². The SMILES string of the molecule is c1cc(-c2ncnc3c2oc2ccc(-c4cccc5c4sc4ccccc45)cc23)cc(-c2cccc3c2sc2ccccc23)c1. The Hall–Kier alpha value is -5.36. The molecular weight excluding hydrogens is 589 g/mol. The maximum Gasteiger partial charge on any atom is 0.180 e. The molecule has 0 bridgehead atoms. The van der Waals surface area contributed by atoms with Gasteiger partial charge in [-0.15, -0.1) is 22.7 Å². The van der Waals surface area contributed by atoms with Crippen molar-refractivity contribution in [2.45, 2.75) is 0 Å². The second kappa shape index (κ2) is 9.57. The van der Waals surface area contributed by atoms with E-state index < -0.39 is 0 Å². The van der Waals surface area contributed by atoms with E-state index in [9.17, 15) is 0 Å². The number of thiophene rings is 2. The highest BCUT2D eigenvalue weighted by atomic mass is 32.1. The van der Waals surface area contributed by atoms with Gasteiger partial charge < -0.3 is 4.42 Å². The zero-order valence-electron chi connectivity index (χ0n) is 23.8. The maximum atomic E-state index is 6.50. The summed E-state index contributed by atoms with van der Waals surface area (Å²) in [5.41, 5.74) is 8.92. The molecule has 0 spiro atoms. The van der Waals surface area contributed by atoms with Crippen molar-refractivity contribution in [2.24, 2.45) is 0 Å². The first-order chi connectivity index (χ1) is 22.3. The molecule has 0 atom stereocenters. The molecular formula is C40H22N2OS2. The summed E-state index contributed by atoms with van der Waals surface area (Å²) in [6.07, 6.45) is 1.66. The lowest BCUT2D eigenvalue weighted by atomic mass is 9.99. The number of hydrogen-bond donors (Lipinski definition) is 0. The standard InChI is InChI=1S/C40H22N2OS2/c1-3-16-34-28(10-1)30-14-6-12-26(39(30)44-34)23-8-5-9-25(20-23)36-38-37(42-22-41-36)32-21-24(18-19-33(32)43-38)27-13-7-15-31-29-11-2-4-17-35(29)45-40(27)31/h1-22H. The second-order valence-electron chi connectivity index (χ2n) is 11.4. The van der Waals surface area contributed by atoms with Gasteiger partial charge in [0.2, 0.25) is 0 Å². The molecule has 0 saturated heterocycles. The molecule has 0 saturated carbocycles. The van der Waals surface area contributed by atoms with E-state index in [1.807, 2.05) is 22.7 Å². The van der Waals surface area contributed by atoms with Crippen LogP contribution in [0, 0.1) is 0 Å². The van der Waals surface area contributed by atoms with Crippen molar-refractivity contribution in [1.29, 1.82) is 0 Å². The first kappa shape index (κ1) is 25.0. The molecule has 0 N–H and O–H groups in total. The number of benzene rings is 6. The lowest BCUT2D eigenvalue weighted by Gasteiger charge is -2.07. The number of furan rings is 1. The fourth-order valence-corrected chi connectivity index (χ4v) is 9.21. The molecule has 4 aromatic heterocycles. The summed E-state index contributed by atoms with van der Waals surface area (Å²) in [6.45, 7) is 0. The van der Waals surface area contributed by atoms with E-state index in [-0.39, 0.29) is 0 Å². The van der Waals surface area contributed by atoms with Gasteiger partial charge in [-0.05, 0) is 52.6 Å². The predicted molar refractivity (Wildman–Crippen MR) is 191 cm³/mol. The monoisotopic (exact) mass is 610 g/mol. The minimum atomic E-state index is 0.710. The molecule has 210 valence electrons. The Balaban J connectivity index is 1.12. The Morgan fingerprint density at radius 2 is 1.07 bits per heavy atom. The fourth-order valence-electron chi connectivity index (χ4n) is 6.73. The molecule has 0 aliphatic heterocycles. The molecule has 0 radical (unpaired) electrons. The third-order valence-corrected chi connectivity index (χ3v) is 11.3. The average Bonchev–Trinajstić information content (AvgIpc) is 3.79. The number of fused-ring (bicyclic) bond motifs is 9. The highest BCUT2D eigenvalue weighted by molar-refractivity contribution is 7.26. The molecule has 3 nitrogen and oxygen atoms in total. The van der Waals surface area contributed by atoms with Crippen LogP contribution in [0.4, 0.5) is 0 Å². The van der Waals surface area contributed by atoms with Gasteiger partial charge in [-0.1, -0.05) is 97.1 Å². The lowest BCUT2D eigenvalue weighted by Crippen LogP contribution is -1.88. The summed E-state index contributed by atoms with van der Waals surface area (Å²) in [5.74, 6) is 0. The molecule has 0 amide bonds. The zero-order valence-corrected chi connectivity index (χ0v) is 25.5. The third-order valence-electron chi connectivity index (χ3n) is 8.82. The van der Waals surface area contributed by atoms with Gasteiger partial charge in [-0.25, -0.2) is 9.97 Å². The predicted octanol–water partition coefficient (Wildman–Crippen LogP) is 12.1. The van der Waals surface area contributed by atoms with Gasteiger partial charge in [0, 0.05) is 51.3 Å². The van der Waals surface area contributed by atoms with Crippen molar-refractivity contribution < 1.29 is 4.42 Å². The lowest BCUT2D eigenvalue weighted by molar-refractivity contribution is 0.667. The minimum absolute atomic E-state index is 0.710. The topological polar surface area (TPSA) is 38.9 Å². The molecule has 6 aromatic carbocycles. The summed E-state index contributed by atoms with van der Waals surface area (Å²) in [4.78, 5) is 9.48. The molecule has 0 unspecified atom stereocenters. The van der Waals surface area contributed by atoms with Gasteiger partial charge in [-0.2, -0.15) is 0 Å². The van der Waals surface area contributed by atoms with E-state index in [2.05, 4.69) is 127 Å². The van der Waals surface area contributed by atoms with Crippen LogP contribution in [0.3, 0.4) is 0 Å². The Bertz CT molecular complexity index is 2780. The molecule has 0 aliphatic rings. The van der Waals surface area contributed by atoms with Gasteiger partial charge >= 0.3 is 0 Å². The fraction of sp³-hybridized carbons (Fsp3) is 0. The van der Waals surface area contributed by atoms with Gasteiger partial charge in [-0.3, -0.25) is 0 Å². The molecule has 10 rings (SSSR count). The minimum Gasteiger partial charge on any atom is -0.452 e. The van der Waals surface area contributed by atoms with Crippen LogP contribution < -0.4 is 0 Å². The Labute approximate surface area is 265 Å². The van der Waals surface area contributed by atoms with E-state index in [0.29, 0.717) is 5.58 Å². The number of nitrogens with zero attached hydrogens (tertiary/aromatic N) is 2. The summed E-state index contributed by atoms with van der Waals surface area (Å²) in [6, 6.07) is 45.5. The molecule has 5 heteroatoms. The van der Waals surface area contributed by atoms with Gasteiger partial charge in [0.15, 0.2) is 5.58 Å². The molecule has 10 aromatic rings. The highest BCUT2D eigenvalue weighted by Gasteiger charge is 2.18. The highest BCUT2D eigenvalue weighted by Crippen LogP contribution is 2.43. The quantitative estimate of drug-likeness (QED) is 0.200.